The molecule has 1 aromatic heterocycles. The number of rotatable bonds is 2. The summed E-state index contributed by atoms with van der Waals surface area (Å²) >= 11 is 15.0. The van der Waals surface area contributed by atoms with Crippen molar-refractivity contribution in [2.45, 2.75) is 0 Å². The van der Waals surface area contributed by atoms with E-state index in [1.165, 1.54) is 0 Å². The summed E-state index contributed by atoms with van der Waals surface area (Å²) < 4.78 is 6.62. The molecule has 5 aromatic carbocycles. The highest BCUT2D eigenvalue weighted by Crippen LogP contribution is 2.30. The van der Waals surface area contributed by atoms with Crippen LogP contribution in [0.2, 0.25) is 10.0 Å². The van der Waals surface area contributed by atoms with Crippen molar-refractivity contribution >= 4 is 66.0 Å². The van der Waals surface area contributed by atoms with Crippen molar-refractivity contribution in [1.82, 2.24) is 9.13 Å². The molecule has 0 aliphatic heterocycles. The van der Waals surface area contributed by atoms with Gasteiger partial charge in [-0.25, -0.2) is 0 Å². The van der Waals surface area contributed by atoms with Crippen LogP contribution in [0.15, 0.2) is 121 Å². The highest BCUT2D eigenvalue weighted by Gasteiger charge is 2.09. The van der Waals surface area contributed by atoms with Crippen molar-refractivity contribution in [2.75, 3.05) is 0 Å². The zero-order valence-electron chi connectivity index (χ0n) is 18.6. The summed E-state index contributed by atoms with van der Waals surface area (Å²) in [5.74, 6) is 0. The lowest BCUT2D eigenvalue weighted by Gasteiger charge is -2.16. The van der Waals surface area contributed by atoms with Gasteiger partial charge in [0.25, 0.3) is 0 Å². The fourth-order valence-electron chi connectivity index (χ4n) is 4.46. The maximum absolute atomic E-state index is 6.67. The quantitative estimate of drug-likeness (QED) is 0.219. The van der Waals surface area contributed by atoms with E-state index in [0.717, 1.165) is 42.8 Å². The molecule has 0 atom stereocenters. The van der Waals surface area contributed by atoms with Crippen LogP contribution in [0.1, 0.15) is 0 Å². The van der Waals surface area contributed by atoms with E-state index in [0.29, 0.717) is 10.0 Å². The fraction of sp³-hybridized carbons (Fsp3) is 0. The first kappa shape index (κ1) is 22.0. The van der Waals surface area contributed by atoms with E-state index in [-0.39, 0.29) is 0 Å². The van der Waals surface area contributed by atoms with Crippen molar-refractivity contribution in [1.29, 1.82) is 0 Å². The molecular weight excluding hydrogens is 491 g/mol. The zero-order valence-corrected chi connectivity index (χ0v) is 20.9. The summed E-state index contributed by atoms with van der Waals surface area (Å²) in [5.41, 5.74) is 6.15. The van der Waals surface area contributed by atoms with E-state index in [1.807, 2.05) is 36.4 Å². The van der Waals surface area contributed by atoms with E-state index in [4.69, 9.17) is 23.2 Å². The van der Waals surface area contributed by atoms with E-state index in [1.54, 1.807) is 11.3 Å². The molecule has 0 aliphatic carbocycles. The summed E-state index contributed by atoms with van der Waals surface area (Å²) in [6.45, 7) is 0. The molecule has 0 radical (unpaired) electrons. The van der Waals surface area contributed by atoms with Gasteiger partial charge in [0.05, 0.1) is 11.0 Å². The summed E-state index contributed by atoms with van der Waals surface area (Å²) in [4.78, 5) is 0. The molecule has 1 heterocycles. The standard InChI is InChI=1S/C30H20Cl2N2S/c31-21-15-25-19-27(17-21)35-28-18-22(32)16-26(20-28)34(24-11-5-2-6-12-24)30-14-8-7-13-29(30)33(25)23-9-3-1-4-10-23/h1-20H. The molecule has 4 bridgehead atoms. The largest absolute Gasteiger partial charge is 0.308 e. The monoisotopic (exact) mass is 510 g/mol. The fourth-order valence-corrected chi connectivity index (χ4v) is 6.05. The molecule has 0 spiro atoms. The second-order valence-corrected chi connectivity index (χ2v) is 10.2. The number of aromatic nitrogens is 2. The van der Waals surface area contributed by atoms with Crippen LogP contribution in [0.25, 0.3) is 42.8 Å². The number of fused-ring (bicyclic) bond motifs is 5. The molecule has 0 fully saturated rings. The van der Waals surface area contributed by atoms with E-state index >= 15 is 0 Å². The first-order chi connectivity index (χ1) is 17.2. The molecule has 6 rings (SSSR count). The van der Waals surface area contributed by atoms with Crippen LogP contribution < -0.4 is 0 Å². The van der Waals surface area contributed by atoms with Gasteiger partial charge in [0.1, 0.15) is 0 Å². The van der Waals surface area contributed by atoms with E-state index in [9.17, 15) is 0 Å². The molecule has 0 unspecified atom stereocenters. The van der Waals surface area contributed by atoms with Crippen LogP contribution >= 0.6 is 34.5 Å². The third kappa shape index (κ3) is 4.35. The van der Waals surface area contributed by atoms with E-state index in [2.05, 4.69) is 94.1 Å². The van der Waals surface area contributed by atoms with Crippen molar-refractivity contribution in [2.24, 2.45) is 0 Å². The van der Waals surface area contributed by atoms with Gasteiger partial charge in [-0.15, -0.1) is 11.3 Å². The molecular formula is C30H20Cl2N2S. The van der Waals surface area contributed by atoms with Gasteiger partial charge in [0, 0.05) is 41.9 Å². The van der Waals surface area contributed by atoms with Gasteiger partial charge in [0.15, 0.2) is 0 Å². The third-order valence-corrected chi connectivity index (χ3v) is 7.24. The number of hydrogen-bond donors (Lipinski definition) is 0. The number of hydrogen-bond acceptors (Lipinski definition) is 1. The molecule has 35 heavy (non-hydrogen) atoms. The summed E-state index contributed by atoms with van der Waals surface area (Å²) in [6.07, 6.45) is 0. The summed E-state index contributed by atoms with van der Waals surface area (Å²) in [6, 6.07) is 41.6. The minimum Gasteiger partial charge on any atom is -0.308 e. The average Bonchev–Trinajstić information content (AvgIpc) is 2.86. The Bertz CT molecular complexity index is 1630. The molecule has 170 valence electrons. The van der Waals surface area contributed by atoms with Crippen LogP contribution in [-0.2, 0) is 0 Å². The first-order valence-electron chi connectivity index (χ1n) is 11.2. The zero-order chi connectivity index (χ0) is 23.8. The molecule has 2 nitrogen and oxygen atoms in total. The highest BCUT2D eigenvalue weighted by atomic mass is 35.5. The minimum atomic E-state index is 0.685. The van der Waals surface area contributed by atoms with Gasteiger partial charge in [-0.2, -0.15) is 0 Å². The van der Waals surface area contributed by atoms with Crippen LogP contribution in [0, 0.1) is 0 Å². The lowest BCUT2D eigenvalue weighted by atomic mass is 10.2. The Kier molecular flexibility index (Phi) is 5.83. The lowest BCUT2D eigenvalue weighted by Crippen LogP contribution is -2.02. The van der Waals surface area contributed by atoms with Gasteiger partial charge in [0.2, 0.25) is 0 Å². The maximum Gasteiger partial charge on any atom is 0.0702 e. The molecule has 0 saturated carbocycles. The van der Waals surface area contributed by atoms with Crippen LogP contribution in [0.3, 0.4) is 0 Å². The van der Waals surface area contributed by atoms with Crippen LogP contribution in [0.4, 0.5) is 0 Å². The van der Waals surface area contributed by atoms with Gasteiger partial charge >= 0.3 is 0 Å². The van der Waals surface area contributed by atoms with Gasteiger partial charge in [-0.05, 0) is 72.8 Å². The predicted molar refractivity (Wildman–Crippen MR) is 152 cm³/mol. The predicted octanol–water partition coefficient (Wildman–Crippen LogP) is 9.78. The SMILES string of the molecule is Clc1cc2cc(c1)n(-c1ccccc1)c1ccccc1n(-c1ccccc1)c1cc(Cl)cc(c1)s2. The van der Waals surface area contributed by atoms with Gasteiger partial charge in [-0.1, -0.05) is 71.7 Å². The van der Waals surface area contributed by atoms with Crippen molar-refractivity contribution in [3.63, 3.8) is 0 Å². The van der Waals surface area contributed by atoms with Crippen molar-refractivity contribution in [3.05, 3.63) is 131 Å². The second kappa shape index (κ2) is 9.27. The van der Waals surface area contributed by atoms with Crippen molar-refractivity contribution < 1.29 is 0 Å². The van der Waals surface area contributed by atoms with Crippen LogP contribution in [0.5, 0.6) is 0 Å². The molecule has 5 heteroatoms. The normalized spacial score (nSPS) is 11.1. The number of benzene rings is 5. The number of nitrogens with zero attached hydrogens (tertiary/aromatic N) is 2. The first-order valence-corrected chi connectivity index (χ1v) is 12.8. The highest BCUT2D eigenvalue weighted by molar-refractivity contribution is 7.22. The molecule has 0 saturated heterocycles. The minimum absolute atomic E-state index is 0.685. The van der Waals surface area contributed by atoms with E-state index < -0.39 is 0 Å². The molecule has 0 amide bonds. The van der Waals surface area contributed by atoms with Crippen LogP contribution in [-0.4, -0.2) is 9.13 Å². The Morgan fingerprint density at radius 3 is 1.29 bits per heavy atom. The number of halogens is 2. The molecule has 0 aliphatic rings. The van der Waals surface area contributed by atoms with Crippen molar-refractivity contribution in [3.8, 4) is 11.4 Å². The Labute approximate surface area is 217 Å². The average molecular weight is 511 g/mol. The van der Waals surface area contributed by atoms with Gasteiger partial charge in [-0.3, -0.25) is 0 Å². The Hall–Kier alpha value is -3.50. The third-order valence-electron chi connectivity index (χ3n) is 5.86. The Balaban J connectivity index is 1.98. The summed E-state index contributed by atoms with van der Waals surface area (Å²) in [7, 11) is 0. The smallest absolute Gasteiger partial charge is 0.0702 e. The lowest BCUT2D eigenvalue weighted by molar-refractivity contribution is 1.12. The Morgan fingerprint density at radius 1 is 0.457 bits per heavy atom. The number of para-hydroxylation sites is 4. The molecule has 6 aromatic rings. The second-order valence-electron chi connectivity index (χ2n) is 8.22. The topological polar surface area (TPSA) is 9.86 Å². The Morgan fingerprint density at radius 2 is 0.857 bits per heavy atom. The summed E-state index contributed by atoms with van der Waals surface area (Å²) in [5, 5.41) is 1.37. The van der Waals surface area contributed by atoms with Gasteiger partial charge < -0.3 is 9.13 Å². The molecule has 0 N–H and O–H groups in total. The maximum atomic E-state index is 6.67.